The lowest BCUT2D eigenvalue weighted by Gasteiger charge is -2.36. The third kappa shape index (κ3) is 2.96. The molecule has 0 atom stereocenters. The van der Waals surface area contributed by atoms with Crippen LogP contribution in [0.25, 0.3) is 0 Å². The molecule has 1 aliphatic heterocycles. The van der Waals surface area contributed by atoms with E-state index in [1.807, 2.05) is 0 Å². The average molecular weight is 196 g/mol. The van der Waals surface area contributed by atoms with Crippen LogP contribution in [0.15, 0.2) is 0 Å². The van der Waals surface area contributed by atoms with Crippen LogP contribution in [0.1, 0.15) is 51.4 Å². The highest BCUT2D eigenvalue weighted by molar-refractivity contribution is 4.76. The molecule has 0 aromatic carbocycles. The van der Waals surface area contributed by atoms with Gasteiger partial charge < -0.3 is 5.32 Å². The Bertz CT molecular complexity index is 144. The maximum atomic E-state index is 3.49. The Hall–Kier alpha value is -0.0800. The lowest BCUT2D eigenvalue weighted by Crippen LogP contribution is -2.47. The van der Waals surface area contributed by atoms with E-state index >= 15 is 0 Å². The second-order valence-corrected chi connectivity index (χ2v) is 4.82. The summed E-state index contributed by atoms with van der Waals surface area (Å²) in [6, 6.07) is 0.892. The van der Waals surface area contributed by atoms with E-state index in [9.17, 15) is 0 Å². The van der Waals surface area contributed by atoms with Crippen molar-refractivity contribution in [1.29, 1.82) is 0 Å². The van der Waals surface area contributed by atoms with Gasteiger partial charge in [0.2, 0.25) is 0 Å². The van der Waals surface area contributed by atoms with Crippen LogP contribution < -0.4 is 5.32 Å². The van der Waals surface area contributed by atoms with Gasteiger partial charge in [-0.1, -0.05) is 32.1 Å². The van der Waals surface area contributed by atoms with E-state index < -0.39 is 0 Å². The van der Waals surface area contributed by atoms with Crippen LogP contribution in [0.2, 0.25) is 0 Å². The molecule has 2 nitrogen and oxygen atoms in total. The second-order valence-electron chi connectivity index (χ2n) is 4.82. The number of hydrogen-bond donors (Lipinski definition) is 1. The van der Waals surface area contributed by atoms with Crippen molar-refractivity contribution in [3.8, 4) is 0 Å². The van der Waals surface area contributed by atoms with Crippen LogP contribution in [0.3, 0.4) is 0 Å². The zero-order valence-corrected chi connectivity index (χ0v) is 9.30. The van der Waals surface area contributed by atoms with Crippen LogP contribution in [-0.2, 0) is 0 Å². The first-order valence-electron chi connectivity index (χ1n) is 6.41. The van der Waals surface area contributed by atoms with Gasteiger partial charge in [-0.2, -0.15) is 0 Å². The molecule has 1 heterocycles. The largest absolute Gasteiger partial charge is 0.304 e. The number of rotatable bonds is 1. The number of hydrogen-bond acceptors (Lipinski definition) is 2. The quantitative estimate of drug-likeness (QED) is 0.692. The first-order valence-corrected chi connectivity index (χ1v) is 6.41. The summed E-state index contributed by atoms with van der Waals surface area (Å²) in [6.07, 6.45) is 11.6. The van der Waals surface area contributed by atoms with Crippen LogP contribution >= 0.6 is 0 Å². The van der Waals surface area contributed by atoms with E-state index in [2.05, 4.69) is 10.2 Å². The Morgan fingerprint density at radius 3 is 2.21 bits per heavy atom. The lowest BCUT2D eigenvalue weighted by molar-refractivity contribution is 0.130. The Labute approximate surface area is 88.1 Å². The number of nitrogens with one attached hydrogen (secondary N) is 1. The van der Waals surface area contributed by atoms with Gasteiger partial charge in [0.25, 0.3) is 0 Å². The second kappa shape index (κ2) is 5.72. The molecule has 82 valence electrons. The molecule has 2 rings (SSSR count). The van der Waals surface area contributed by atoms with E-state index in [0.29, 0.717) is 0 Å². The fourth-order valence-electron chi connectivity index (χ4n) is 2.82. The Kier molecular flexibility index (Phi) is 4.26. The monoisotopic (exact) mass is 196 g/mol. The molecule has 0 aromatic heterocycles. The molecular weight excluding hydrogens is 172 g/mol. The molecule has 0 amide bonds. The maximum Gasteiger partial charge on any atom is 0.0483 e. The molecule has 1 saturated carbocycles. The van der Waals surface area contributed by atoms with E-state index in [-0.39, 0.29) is 0 Å². The van der Waals surface area contributed by atoms with Crippen LogP contribution in [0.4, 0.5) is 0 Å². The summed E-state index contributed by atoms with van der Waals surface area (Å²) in [5.74, 6) is 0. The molecular formula is C12H24N2. The van der Waals surface area contributed by atoms with E-state index in [0.717, 1.165) is 12.7 Å². The summed E-state index contributed by atoms with van der Waals surface area (Å²) in [7, 11) is 0. The van der Waals surface area contributed by atoms with Gasteiger partial charge in [0.15, 0.2) is 0 Å². The molecule has 0 radical (unpaired) electrons. The Balaban J connectivity index is 1.80. The molecule has 0 aromatic rings. The molecule has 1 aliphatic carbocycles. The lowest BCUT2D eigenvalue weighted by atomic mass is 9.95. The minimum atomic E-state index is 0.892. The normalized spacial score (nSPS) is 28.3. The Morgan fingerprint density at radius 1 is 0.857 bits per heavy atom. The summed E-state index contributed by atoms with van der Waals surface area (Å²) in [4.78, 5) is 2.68. The van der Waals surface area contributed by atoms with Crippen LogP contribution in [-0.4, -0.2) is 30.7 Å². The smallest absolute Gasteiger partial charge is 0.0483 e. The predicted molar refractivity (Wildman–Crippen MR) is 60.3 cm³/mol. The minimum absolute atomic E-state index is 0.892. The van der Waals surface area contributed by atoms with Gasteiger partial charge in [0, 0.05) is 19.3 Å². The average Bonchev–Trinajstić information content (AvgIpc) is 2.18. The van der Waals surface area contributed by atoms with E-state index in [4.69, 9.17) is 0 Å². The molecule has 1 N–H and O–H groups in total. The highest BCUT2D eigenvalue weighted by Gasteiger charge is 2.20. The van der Waals surface area contributed by atoms with Crippen molar-refractivity contribution in [2.45, 2.75) is 57.4 Å². The van der Waals surface area contributed by atoms with E-state index in [1.165, 1.54) is 64.5 Å². The SMILES string of the molecule is C1CCCC(N2CCCNC2)CCC1. The van der Waals surface area contributed by atoms with Gasteiger partial charge >= 0.3 is 0 Å². The third-order valence-electron chi connectivity index (χ3n) is 3.70. The van der Waals surface area contributed by atoms with Crippen LogP contribution in [0.5, 0.6) is 0 Å². The first kappa shape index (κ1) is 10.4. The van der Waals surface area contributed by atoms with Gasteiger partial charge in [0.1, 0.15) is 0 Å². The molecule has 2 heteroatoms. The summed E-state index contributed by atoms with van der Waals surface area (Å²) >= 11 is 0. The summed E-state index contributed by atoms with van der Waals surface area (Å²) < 4.78 is 0. The van der Waals surface area contributed by atoms with Gasteiger partial charge in [-0.3, -0.25) is 4.90 Å². The first-order chi connectivity index (χ1) is 6.97. The van der Waals surface area contributed by atoms with Crippen LogP contribution in [0, 0.1) is 0 Å². The highest BCUT2D eigenvalue weighted by atomic mass is 15.3. The predicted octanol–water partition coefficient (Wildman–Crippen LogP) is 2.35. The van der Waals surface area contributed by atoms with Crippen molar-refractivity contribution in [3.05, 3.63) is 0 Å². The molecule has 0 unspecified atom stereocenters. The minimum Gasteiger partial charge on any atom is -0.304 e. The van der Waals surface area contributed by atoms with Gasteiger partial charge in [-0.25, -0.2) is 0 Å². The third-order valence-corrected chi connectivity index (χ3v) is 3.70. The van der Waals surface area contributed by atoms with Gasteiger partial charge in [0.05, 0.1) is 0 Å². The van der Waals surface area contributed by atoms with Crippen molar-refractivity contribution in [2.24, 2.45) is 0 Å². The van der Waals surface area contributed by atoms with Crippen molar-refractivity contribution < 1.29 is 0 Å². The molecule has 1 saturated heterocycles. The molecule has 0 spiro atoms. The molecule has 14 heavy (non-hydrogen) atoms. The summed E-state index contributed by atoms with van der Waals surface area (Å²) in [5, 5.41) is 3.49. The zero-order chi connectivity index (χ0) is 9.64. The van der Waals surface area contributed by atoms with Crippen molar-refractivity contribution in [2.75, 3.05) is 19.8 Å². The van der Waals surface area contributed by atoms with Crippen molar-refractivity contribution >= 4 is 0 Å². The molecule has 0 bridgehead atoms. The Morgan fingerprint density at radius 2 is 1.57 bits per heavy atom. The zero-order valence-electron chi connectivity index (χ0n) is 9.30. The van der Waals surface area contributed by atoms with Gasteiger partial charge in [-0.15, -0.1) is 0 Å². The van der Waals surface area contributed by atoms with Gasteiger partial charge in [-0.05, 0) is 25.8 Å². The maximum absolute atomic E-state index is 3.49. The van der Waals surface area contributed by atoms with E-state index in [1.54, 1.807) is 0 Å². The summed E-state index contributed by atoms with van der Waals surface area (Å²) in [6.45, 7) is 3.70. The molecule has 2 fully saturated rings. The topological polar surface area (TPSA) is 15.3 Å². The fourth-order valence-corrected chi connectivity index (χ4v) is 2.82. The highest BCUT2D eigenvalue weighted by Crippen LogP contribution is 2.21. The standard InChI is InChI=1S/C12H24N2/c1-2-4-7-12(8-5-3-1)14-10-6-9-13-11-14/h12-13H,1-11H2. The fraction of sp³-hybridized carbons (Fsp3) is 1.00. The summed E-state index contributed by atoms with van der Waals surface area (Å²) in [5.41, 5.74) is 0. The van der Waals surface area contributed by atoms with Crippen molar-refractivity contribution in [1.82, 2.24) is 10.2 Å². The molecule has 2 aliphatic rings. The van der Waals surface area contributed by atoms with Crippen molar-refractivity contribution in [3.63, 3.8) is 0 Å². The number of nitrogens with zero attached hydrogens (tertiary/aromatic N) is 1.